The van der Waals surface area contributed by atoms with Crippen molar-refractivity contribution in [3.63, 3.8) is 0 Å². The molecule has 4 nitrogen and oxygen atoms in total. The molecule has 3 rings (SSSR count). The summed E-state index contributed by atoms with van der Waals surface area (Å²) in [7, 11) is 0. The lowest BCUT2D eigenvalue weighted by molar-refractivity contribution is 0.107. The molecule has 1 aromatic heterocycles. The largest absolute Gasteiger partial charge is 0.394 e. The minimum Gasteiger partial charge on any atom is -0.394 e. The van der Waals surface area contributed by atoms with Crippen molar-refractivity contribution < 1.29 is 10.2 Å². The van der Waals surface area contributed by atoms with E-state index in [4.69, 9.17) is 11.6 Å². The molecule has 0 saturated heterocycles. The van der Waals surface area contributed by atoms with Gasteiger partial charge in [0.2, 0.25) is 0 Å². The topological polar surface area (TPSA) is 65.4 Å². The van der Waals surface area contributed by atoms with Gasteiger partial charge in [0.05, 0.1) is 18.8 Å². The summed E-state index contributed by atoms with van der Waals surface area (Å²) in [6.07, 6.45) is 5.75. The highest BCUT2D eigenvalue weighted by atomic mass is 35.5. The zero-order chi connectivity index (χ0) is 22.1. The van der Waals surface area contributed by atoms with Crippen LogP contribution >= 0.6 is 11.6 Å². The van der Waals surface area contributed by atoms with Crippen LogP contribution in [0, 0.1) is 11.8 Å². The number of hydrogen-bond donors (Lipinski definition) is 3. The van der Waals surface area contributed by atoms with E-state index in [2.05, 4.69) is 22.1 Å². The lowest BCUT2D eigenvalue weighted by Gasteiger charge is -2.25. The van der Waals surface area contributed by atoms with Crippen molar-refractivity contribution in [3.8, 4) is 23.0 Å². The summed E-state index contributed by atoms with van der Waals surface area (Å²) in [4.78, 5) is 4.43. The molecule has 0 radical (unpaired) electrons. The van der Waals surface area contributed by atoms with E-state index in [0.29, 0.717) is 17.3 Å². The summed E-state index contributed by atoms with van der Waals surface area (Å²) in [6.45, 7) is 2.08. The van der Waals surface area contributed by atoms with Gasteiger partial charge in [0.25, 0.3) is 0 Å². The van der Waals surface area contributed by atoms with Crippen molar-refractivity contribution in [2.75, 3.05) is 19.8 Å². The highest BCUT2D eigenvalue weighted by Gasteiger charge is 2.19. The van der Waals surface area contributed by atoms with Crippen LogP contribution in [0.3, 0.4) is 0 Å². The van der Waals surface area contributed by atoms with E-state index >= 15 is 0 Å². The molecular formula is C26H25ClN2O2. The summed E-state index contributed by atoms with van der Waals surface area (Å²) in [5.74, 6) is 6.23. The Kier molecular flexibility index (Phi) is 8.00. The van der Waals surface area contributed by atoms with Gasteiger partial charge in [-0.1, -0.05) is 60.0 Å². The standard InChI is InChI=1S/C26H25ClN2O2/c1-26(18-30,19-31)29-16-2-3-20-4-6-21(7-5-20)8-14-25-15-11-23(17-28-25)22-9-12-24(27)13-10-22/h2-7,9-13,15,17,29-31H,16,18-19H2,1H3/b3-2+. The maximum atomic E-state index is 9.27. The molecule has 158 valence electrons. The van der Waals surface area contributed by atoms with Crippen molar-refractivity contribution in [1.82, 2.24) is 10.3 Å². The molecule has 0 bridgehead atoms. The molecule has 31 heavy (non-hydrogen) atoms. The maximum absolute atomic E-state index is 9.27. The van der Waals surface area contributed by atoms with Crippen LogP contribution in [0.4, 0.5) is 0 Å². The van der Waals surface area contributed by atoms with Crippen LogP contribution in [0.1, 0.15) is 23.7 Å². The van der Waals surface area contributed by atoms with Crippen LogP contribution in [0.15, 0.2) is 72.9 Å². The quantitative estimate of drug-likeness (QED) is 0.491. The molecule has 0 aliphatic heterocycles. The van der Waals surface area contributed by atoms with Gasteiger partial charge < -0.3 is 15.5 Å². The Balaban J connectivity index is 1.58. The first kappa shape index (κ1) is 22.7. The summed E-state index contributed by atoms with van der Waals surface area (Å²) < 4.78 is 0. The predicted molar refractivity (Wildman–Crippen MR) is 127 cm³/mol. The van der Waals surface area contributed by atoms with E-state index in [1.54, 1.807) is 6.92 Å². The molecule has 0 aliphatic carbocycles. The van der Waals surface area contributed by atoms with Gasteiger partial charge in [0.15, 0.2) is 0 Å². The molecule has 3 aromatic rings. The minimum atomic E-state index is -0.676. The van der Waals surface area contributed by atoms with E-state index < -0.39 is 5.54 Å². The van der Waals surface area contributed by atoms with Crippen molar-refractivity contribution >= 4 is 17.7 Å². The number of aliphatic hydroxyl groups excluding tert-OH is 2. The maximum Gasteiger partial charge on any atom is 0.113 e. The zero-order valence-corrected chi connectivity index (χ0v) is 18.1. The highest BCUT2D eigenvalue weighted by molar-refractivity contribution is 6.30. The van der Waals surface area contributed by atoms with Gasteiger partial charge in [0, 0.05) is 28.9 Å². The number of pyridine rings is 1. The van der Waals surface area contributed by atoms with E-state index in [1.807, 2.05) is 79.0 Å². The zero-order valence-electron chi connectivity index (χ0n) is 17.3. The summed E-state index contributed by atoms with van der Waals surface area (Å²) in [5.41, 5.74) is 4.08. The van der Waals surface area contributed by atoms with E-state index in [1.165, 1.54) is 0 Å². The second-order valence-electron chi connectivity index (χ2n) is 7.47. The molecule has 5 heteroatoms. The number of rotatable bonds is 7. The van der Waals surface area contributed by atoms with Gasteiger partial charge in [-0.2, -0.15) is 0 Å². The fraction of sp³-hybridized carbons (Fsp3) is 0.192. The normalized spacial score (nSPS) is 11.4. The van der Waals surface area contributed by atoms with Crippen molar-refractivity contribution in [2.45, 2.75) is 12.5 Å². The van der Waals surface area contributed by atoms with Gasteiger partial charge >= 0.3 is 0 Å². The molecule has 0 fully saturated rings. The number of hydrogen-bond acceptors (Lipinski definition) is 4. The molecular weight excluding hydrogens is 408 g/mol. The third kappa shape index (κ3) is 6.78. The fourth-order valence-corrected chi connectivity index (χ4v) is 2.88. The third-order valence-corrected chi connectivity index (χ3v) is 5.09. The first-order chi connectivity index (χ1) is 15.0. The molecule has 0 unspecified atom stereocenters. The van der Waals surface area contributed by atoms with Gasteiger partial charge in [-0.3, -0.25) is 0 Å². The third-order valence-electron chi connectivity index (χ3n) is 4.84. The average molecular weight is 433 g/mol. The van der Waals surface area contributed by atoms with Gasteiger partial charge in [-0.25, -0.2) is 4.98 Å². The van der Waals surface area contributed by atoms with Crippen molar-refractivity contribution in [1.29, 1.82) is 0 Å². The molecule has 0 aliphatic rings. The van der Waals surface area contributed by atoms with Crippen LogP contribution in [0.5, 0.6) is 0 Å². The van der Waals surface area contributed by atoms with E-state index in [0.717, 1.165) is 22.3 Å². The van der Waals surface area contributed by atoms with Crippen LogP contribution < -0.4 is 5.32 Å². The first-order valence-corrected chi connectivity index (χ1v) is 10.4. The smallest absolute Gasteiger partial charge is 0.113 e. The Morgan fingerprint density at radius 1 is 0.935 bits per heavy atom. The average Bonchev–Trinajstić information content (AvgIpc) is 2.82. The lowest BCUT2D eigenvalue weighted by atomic mass is 10.1. The molecule has 0 atom stereocenters. The minimum absolute atomic E-state index is 0.122. The second-order valence-corrected chi connectivity index (χ2v) is 7.91. The van der Waals surface area contributed by atoms with Crippen molar-refractivity contribution in [3.05, 3.63) is 94.8 Å². The second kappa shape index (κ2) is 10.9. The Morgan fingerprint density at radius 2 is 1.61 bits per heavy atom. The molecule has 0 amide bonds. The SMILES string of the molecule is CC(CO)(CO)NC/C=C/c1ccc(C#Cc2ccc(-c3ccc(Cl)cc3)cn2)cc1. The first-order valence-electron chi connectivity index (χ1n) is 9.99. The summed E-state index contributed by atoms with van der Waals surface area (Å²) in [6, 6.07) is 19.5. The van der Waals surface area contributed by atoms with E-state index in [-0.39, 0.29) is 13.2 Å². The van der Waals surface area contributed by atoms with Crippen LogP contribution in [0.2, 0.25) is 5.02 Å². The summed E-state index contributed by atoms with van der Waals surface area (Å²) in [5, 5.41) is 22.4. The van der Waals surface area contributed by atoms with Gasteiger partial charge in [0.1, 0.15) is 5.69 Å². The number of aromatic nitrogens is 1. The molecule has 2 aromatic carbocycles. The Bertz CT molecular complexity index is 1060. The number of halogens is 1. The van der Waals surface area contributed by atoms with Gasteiger partial charge in [-0.15, -0.1) is 0 Å². The fourth-order valence-electron chi connectivity index (χ4n) is 2.76. The Labute approximate surface area is 188 Å². The van der Waals surface area contributed by atoms with Crippen LogP contribution in [0.25, 0.3) is 17.2 Å². The number of aliphatic hydroxyl groups is 2. The molecule has 1 heterocycles. The van der Waals surface area contributed by atoms with Crippen LogP contribution in [-0.2, 0) is 0 Å². The highest BCUT2D eigenvalue weighted by Crippen LogP contribution is 2.20. The number of nitrogens with zero attached hydrogens (tertiary/aromatic N) is 1. The molecule has 0 spiro atoms. The molecule has 3 N–H and O–H groups in total. The van der Waals surface area contributed by atoms with Crippen molar-refractivity contribution in [2.24, 2.45) is 0 Å². The monoisotopic (exact) mass is 432 g/mol. The Hall–Kier alpha value is -2.94. The van der Waals surface area contributed by atoms with E-state index in [9.17, 15) is 10.2 Å². The van der Waals surface area contributed by atoms with Gasteiger partial charge in [-0.05, 0) is 54.3 Å². The summed E-state index contributed by atoms with van der Waals surface area (Å²) >= 11 is 5.94. The number of nitrogens with one attached hydrogen (secondary N) is 1. The lowest BCUT2D eigenvalue weighted by Crippen LogP contribution is -2.48. The Morgan fingerprint density at radius 3 is 2.23 bits per heavy atom. The molecule has 0 saturated carbocycles. The number of benzene rings is 2. The van der Waals surface area contributed by atoms with Crippen LogP contribution in [-0.4, -0.2) is 40.5 Å². The predicted octanol–water partition coefficient (Wildman–Crippen LogP) is 4.15.